The maximum Gasteiger partial charge on any atom is 0.392 e. The van der Waals surface area contributed by atoms with Gasteiger partial charge in [0, 0.05) is 16.3 Å². The number of aromatic nitrogens is 2. The molecule has 0 radical (unpaired) electrons. The zero-order chi connectivity index (χ0) is 19.9. The molecular formula is C27H19N2O+. The first-order valence-electron chi connectivity index (χ1n) is 10.1. The van der Waals surface area contributed by atoms with E-state index in [1.165, 1.54) is 32.5 Å². The average molecular weight is 387 g/mol. The Balaban J connectivity index is 1.49. The molecule has 6 aromatic rings. The molecule has 0 amide bonds. The molecule has 1 heterocycles. The lowest BCUT2D eigenvalue weighted by molar-refractivity contribution is -0.692. The van der Waals surface area contributed by atoms with E-state index in [9.17, 15) is 0 Å². The average Bonchev–Trinajstić information content (AvgIpc) is 2.80. The van der Waals surface area contributed by atoms with Crippen LogP contribution in [-0.4, -0.2) is 4.98 Å². The smallest absolute Gasteiger partial charge is 0.392 e. The van der Waals surface area contributed by atoms with Gasteiger partial charge in [-0.3, -0.25) is 0 Å². The third-order valence-electron chi connectivity index (χ3n) is 5.70. The molecule has 142 valence electrons. The summed E-state index contributed by atoms with van der Waals surface area (Å²) in [5, 5.41) is 7.39. The third kappa shape index (κ3) is 2.75. The Bertz CT molecular complexity index is 1480. The van der Waals surface area contributed by atoms with Crippen LogP contribution >= 0.6 is 0 Å². The fourth-order valence-electron chi connectivity index (χ4n) is 4.28. The van der Waals surface area contributed by atoms with Crippen LogP contribution in [0, 0.1) is 0 Å². The van der Waals surface area contributed by atoms with E-state index < -0.39 is 0 Å². The van der Waals surface area contributed by atoms with E-state index >= 15 is 0 Å². The predicted octanol–water partition coefficient (Wildman–Crippen LogP) is 6.11. The van der Waals surface area contributed by atoms with Crippen molar-refractivity contribution in [2.45, 2.75) is 6.54 Å². The lowest BCUT2D eigenvalue weighted by Gasteiger charge is -2.13. The van der Waals surface area contributed by atoms with E-state index in [2.05, 4.69) is 88.4 Å². The minimum Gasteiger partial charge on any atom is -0.403 e. The summed E-state index contributed by atoms with van der Waals surface area (Å²) in [6.07, 6.45) is 5.53. The summed E-state index contributed by atoms with van der Waals surface area (Å²) in [5.74, 6) is 1.56. The number of hydrogen-bond acceptors (Lipinski definition) is 2. The van der Waals surface area contributed by atoms with E-state index in [0.717, 1.165) is 23.6 Å². The second-order valence-corrected chi connectivity index (χ2v) is 7.55. The maximum absolute atomic E-state index is 6.44. The van der Waals surface area contributed by atoms with Gasteiger partial charge in [-0.05, 0) is 33.7 Å². The Morgan fingerprint density at radius 3 is 2.27 bits per heavy atom. The molecule has 0 fully saturated rings. The molecule has 30 heavy (non-hydrogen) atoms. The van der Waals surface area contributed by atoms with Crippen molar-refractivity contribution in [1.29, 1.82) is 0 Å². The Hall–Kier alpha value is -3.98. The molecule has 0 spiro atoms. The van der Waals surface area contributed by atoms with Gasteiger partial charge in [0.25, 0.3) is 0 Å². The van der Waals surface area contributed by atoms with Crippen LogP contribution in [0.5, 0.6) is 11.6 Å². The van der Waals surface area contributed by atoms with Gasteiger partial charge in [-0.2, -0.15) is 4.57 Å². The molecule has 0 aliphatic carbocycles. The monoisotopic (exact) mass is 387 g/mol. The Kier molecular flexibility index (Phi) is 3.85. The highest BCUT2D eigenvalue weighted by atomic mass is 16.5. The van der Waals surface area contributed by atoms with Crippen LogP contribution in [0.1, 0.15) is 5.56 Å². The molecule has 5 aromatic carbocycles. The number of ether oxygens (including phenoxy) is 1. The van der Waals surface area contributed by atoms with Gasteiger partial charge in [-0.25, -0.2) is 4.98 Å². The first-order valence-corrected chi connectivity index (χ1v) is 10.1. The third-order valence-corrected chi connectivity index (χ3v) is 5.70. The van der Waals surface area contributed by atoms with E-state index in [-0.39, 0.29) is 0 Å². The molecule has 0 atom stereocenters. The maximum atomic E-state index is 6.44. The molecule has 0 bridgehead atoms. The molecule has 0 N–H and O–H groups in total. The second kappa shape index (κ2) is 6.82. The van der Waals surface area contributed by atoms with Gasteiger partial charge in [0.05, 0.1) is 6.20 Å². The molecular weight excluding hydrogens is 368 g/mol. The van der Waals surface area contributed by atoms with Crippen molar-refractivity contribution in [1.82, 2.24) is 4.98 Å². The fraction of sp³-hybridized carbons (Fsp3) is 0.0370. The SMILES string of the molecule is c1ccc(C[n+]2ccncc2Oc2ccc3ccc4cccc5ccc2c3c45)cc1. The first kappa shape index (κ1) is 16.9. The van der Waals surface area contributed by atoms with Crippen molar-refractivity contribution < 1.29 is 9.30 Å². The summed E-state index contributed by atoms with van der Waals surface area (Å²) in [5.41, 5.74) is 1.22. The largest absolute Gasteiger partial charge is 0.403 e. The predicted molar refractivity (Wildman–Crippen MR) is 120 cm³/mol. The van der Waals surface area contributed by atoms with Crippen molar-refractivity contribution in [3.8, 4) is 11.6 Å². The summed E-state index contributed by atoms with van der Waals surface area (Å²) in [4.78, 5) is 4.30. The van der Waals surface area contributed by atoms with E-state index in [4.69, 9.17) is 4.74 Å². The second-order valence-electron chi connectivity index (χ2n) is 7.55. The normalized spacial score (nSPS) is 11.5. The van der Waals surface area contributed by atoms with Crippen molar-refractivity contribution in [2.24, 2.45) is 0 Å². The molecule has 1 aromatic heterocycles. The van der Waals surface area contributed by atoms with Crippen LogP contribution in [-0.2, 0) is 6.54 Å². The topological polar surface area (TPSA) is 26.0 Å². The van der Waals surface area contributed by atoms with Crippen LogP contribution in [0.2, 0.25) is 0 Å². The Labute approximate surface area is 174 Å². The van der Waals surface area contributed by atoms with Crippen LogP contribution < -0.4 is 9.30 Å². The van der Waals surface area contributed by atoms with Crippen LogP contribution in [0.15, 0.2) is 104 Å². The van der Waals surface area contributed by atoms with Crippen molar-refractivity contribution in [3.63, 3.8) is 0 Å². The van der Waals surface area contributed by atoms with Crippen molar-refractivity contribution in [3.05, 3.63) is 109 Å². The Morgan fingerprint density at radius 1 is 0.700 bits per heavy atom. The molecule has 0 unspecified atom stereocenters. The quantitative estimate of drug-likeness (QED) is 0.269. The highest BCUT2D eigenvalue weighted by Gasteiger charge is 2.17. The van der Waals surface area contributed by atoms with Gasteiger partial charge in [0.2, 0.25) is 0 Å². The van der Waals surface area contributed by atoms with Gasteiger partial charge in [0.15, 0.2) is 12.7 Å². The minimum atomic E-state index is 0.719. The van der Waals surface area contributed by atoms with Crippen LogP contribution in [0.3, 0.4) is 0 Å². The van der Waals surface area contributed by atoms with E-state index in [1.807, 2.05) is 12.3 Å². The minimum absolute atomic E-state index is 0.719. The van der Waals surface area contributed by atoms with E-state index in [0.29, 0.717) is 0 Å². The molecule has 0 aliphatic rings. The van der Waals surface area contributed by atoms with Crippen LogP contribution in [0.25, 0.3) is 32.3 Å². The molecule has 0 aliphatic heterocycles. The van der Waals surface area contributed by atoms with E-state index in [1.54, 1.807) is 12.4 Å². The van der Waals surface area contributed by atoms with Gasteiger partial charge in [0.1, 0.15) is 11.9 Å². The van der Waals surface area contributed by atoms with Gasteiger partial charge >= 0.3 is 5.88 Å². The molecule has 0 saturated carbocycles. The van der Waals surface area contributed by atoms with Crippen molar-refractivity contribution >= 4 is 32.3 Å². The number of benzene rings is 5. The highest BCUT2D eigenvalue weighted by molar-refractivity contribution is 6.24. The molecule has 0 saturated heterocycles. The zero-order valence-corrected chi connectivity index (χ0v) is 16.3. The van der Waals surface area contributed by atoms with Crippen molar-refractivity contribution in [2.75, 3.05) is 0 Å². The summed E-state index contributed by atoms with van der Waals surface area (Å²) in [6.45, 7) is 0.727. The fourth-order valence-corrected chi connectivity index (χ4v) is 4.28. The summed E-state index contributed by atoms with van der Waals surface area (Å²) < 4.78 is 8.52. The lowest BCUT2D eigenvalue weighted by atomic mass is 9.94. The van der Waals surface area contributed by atoms with Gasteiger partial charge in [-0.15, -0.1) is 0 Å². The molecule has 3 nitrogen and oxygen atoms in total. The summed E-state index contributed by atoms with van der Waals surface area (Å²) in [6, 6.07) is 29.8. The standard InChI is InChI=1S/C27H19N2O/c1-2-5-19(6-3-1)18-29-16-15-28-17-25(29)30-24-14-12-22-10-9-20-7-4-8-21-11-13-23(24)27(22)26(20)21/h1-17H,18H2/q+1. The lowest BCUT2D eigenvalue weighted by Crippen LogP contribution is -2.35. The Morgan fingerprint density at radius 2 is 1.43 bits per heavy atom. The van der Waals surface area contributed by atoms with Crippen LogP contribution in [0.4, 0.5) is 0 Å². The molecule has 3 heteroatoms. The number of nitrogens with zero attached hydrogens (tertiary/aromatic N) is 2. The highest BCUT2D eigenvalue weighted by Crippen LogP contribution is 2.39. The summed E-state index contributed by atoms with van der Waals surface area (Å²) in [7, 11) is 0. The first-order chi connectivity index (χ1) is 14.9. The molecule has 6 rings (SSSR count). The summed E-state index contributed by atoms with van der Waals surface area (Å²) >= 11 is 0. The number of rotatable bonds is 4. The van der Waals surface area contributed by atoms with Gasteiger partial charge < -0.3 is 4.74 Å². The number of hydrogen-bond donors (Lipinski definition) is 0. The zero-order valence-electron chi connectivity index (χ0n) is 16.3. The van der Waals surface area contributed by atoms with Gasteiger partial charge in [-0.1, -0.05) is 72.8 Å².